The topological polar surface area (TPSA) is 70.3 Å². The fraction of sp³-hybridized carbons (Fsp3) is 1.00. The van der Waals surface area contributed by atoms with Gasteiger partial charge in [0.05, 0.1) is 6.10 Å². The van der Waals surface area contributed by atoms with Gasteiger partial charge in [-0.3, -0.25) is 0 Å². The molecule has 0 aromatic carbocycles. The summed E-state index contributed by atoms with van der Waals surface area (Å²) in [6, 6.07) is 0. The smallest absolute Gasteiger partial charge is 0.0786 e. The van der Waals surface area contributed by atoms with Gasteiger partial charge in [-0.05, 0) is 7.05 Å². The first kappa shape index (κ1) is 9.84. The molecule has 0 rings (SSSR count). The Morgan fingerprint density at radius 1 is 1.50 bits per heavy atom. The second-order valence-electron chi connectivity index (χ2n) is 2.20. The lowest BCUT2D eigenvalue weighted by Gasteiger charge is -2.08. The number of hydrogen-bond donors (Lipinski definition) is 4. The molecular formula is C6H17N3O. The fourth-order valence-electron chi connectivity index (χ4n) is 0.565. The van der Waals surface area contributed by atoms with Gasteiger partial charge in [0, 0.05) is 26.2 Å². The van der Waals surface area contributed by atoms with Crippen LogP contribution >= 0.6 is 0 Å². The van der Waals surface area contributed by atoms with Crippen LogP contribution in [-0.4, -0.2) is 44.4 Å². The monoisotopic (exact) mass is 147 g/mol. The molecule has 0 saturated carbocycles. The molecule has 1 unspecified atom stereocenters. The first-order valence-electron chi connectivity index (χ1n) is 3.54. The third kappa shape index (κ3) is 5.97. The minimum Gasteiger partial charge on any atom is -0.390 e. The molecule has 0 aliphatic heterocycles. The quantitative estimate of drug-likeness (QED) is 0.332. The van der Waals surface area contributed by atoms with Gasteiger partial charge >= 0.3 is 0 Å². The van der Waals surface area contributed by atoms with Crippen LogP contribution in [0.25, 0.3) is 0 Å². The minimum atomic E-state index is -0.406. The van der Waals surface area contributed by atoms with E-state index in [4.69, 9.17) is 10.8 Å². The van der Waals surface area contributed by atoms with E-state index in [-0.39, 0.29) is 0 Å². The molecule has 0 aromatic rings. The van der Waals surface area contributed by atoms with E-state index in [0.29, 0.717) is 13.1 Å². The highest BCUT2D eigenvalue weighted by Gasteiger charge is 1.97. The normalized spacial score (nSPS) is 13.5. The lowest BCUT2D eigenvalue weighted by atomic mass is 10.3. The molecule has 0 fully saturated rings. The lowest BCUT2D eigenvalue weighted by molar-refractivity contribution is 0.180. The van der Waals surface area contributed by atoms with Gasteiger partial charge in [0.2, 0.25) is 0 Å². The summed E-state index contributed by atoms with van der Waals surface area (Å²) in [6.07, 6.45) is -0.406. The highest BCUT2D eigenvalue weighted by Crippen LogP contribution is 1.72. The molecular weight excluding hydrogens is 130 g/mol. The molecule has 0 bridgehead atoms. The van der Waals surface area contributed by atoms with Gasteiger partial charge in [-0.25, -0.2) is 0 Å². The number of rotatable bonds is 6. The molecule has 4 heteroatoms. The van der Waals surface area contributed by atoms with Crippen molar-refractivity contribution in [3.05, 3.63) is 0 Å². The number of nitrogens with two attached hydrogens (primary N) is 1. The molecule has 0 heterocycles. The van der Waals surface area contributed by atoms with Gasteiger partial charge in [-0.15, -0.1) is 0 Å². The van der Waals surface area contributed by atoms with Crippen LogP contribution in [0.2, 0.25) is 0 Å². The van der Waals surface area contributed by atoms with Gasteiger partial charge in [-0.2, -0.15) is 0 Å². The van der Waals surface area contributed by atoms with E-state index >= 15 is 0 Å². The maximum Gasteiger partial charge on any atom is 0.0786 e. The molecule has 0 saturated heterocycles. The van der Waals surface area contributed by atoms with E-state index in [1.807, 2.05) is 7.05 Å². The Morgan fingerprint density at radius 3 is 2.70 bits per heavy atom. The molecule has 4 nitrogen and oxygen atoms in total. The highest BCUT2D eigenvalue weighted by atomic mass is 16.3. The first-order valence-corrected chi connectivity index (χ1v) is 3.54. The maximum absolute atomic E-state index is 8.95. The van der Waals surface area contributed by atoms with Crippen LogP contribution in [0.15, 0.2) is 0 Å². The predicted octanol–water partition coefficient (Wildman–Crippen LogP) is -1.88. The molecule has 0 spiro atoms. The largest absolute Gasteiger partial charge is 0.390 e. The Hall–Kier alpha value is -0.160. The molecule has 0 aliphatic carbocycles. The number of hydrogen-bond acceptors (Lipinski definition) is 4. The Labute approximate surface area is 61.8 Å². The van der Waals surface area contributed by atoms with Gasteiger partial charge < -0.3 is 21.5 Å². The van der Waals surface area contributed by atoms with Crippen LogP contribution in [-0.2, 0) is 0 Å². The summed E-state index contributed by atoms with van der Waals surface area (Å²) in [5, 5.41) is 15.0. The third-order valence-corrected chi connectivity index (χ3v) is 1.20. The van der Waals surface area contributed by atoms with Crippen LogP contribution < -0.4 is 16.4 Å². The van der Waals surface area contributed by atoms with Gasteiger partial charge in [-0.1, -0.05) is 0 Å². The second kappa shape index (κ2) is 6.95. The van der Waals surface area contributed by atoms with Crippen LogP contribution in [0, 0.1) is 0 Å². The Bertz CT molecular complexity index is 70.0. The second-order valence-corrected chi connectivity index (χ2v) is 2.20. The van der Waals surface area contributed by atoms with E-state index in [9.17, 15) is 0 Å². The summed E-state index contributed by atoms with van der Waals surface area (Å²) < 4.78 is 0. The maximum atomic E-state index is 8.95. The summed E-state index contributed by atoms with van der Waals surface area (Å²) in [5.74, 6) is 0. The molecule has 62 valence electrons. The molecule has 1 atom stereocenters. The summed E-state index contributed by atoms with van der Waals surface area (Å²) in [5.41, 5.74) is 5.18. The van der Waals surface area contributed by atoms with Crippen molar-refractivity contribution in [3.63, 3.8) is 0 Å². The highest BCUT2D eigenvalue weighted by molar-refractivity contribution is 4.59. The average Bonchev–Trinajstić information content (AvgIpc) is 1.98. The summed E-state index contributed by atoms with van der Waals surface area (Å²) >= 11 is 0. The zero-order valence-corrected chi connectivity index (χ0v) is 6.43. The zero-order chi connectivity index (χ0) is 7.82. The Balaban J connectivity index is 2.89. The minimum absolute atomic E-state index is 0.326. The van der Waals surface area contributed by atoms with Crippen molar-refractivity contribution in [2.75, 3.05) is 33.2 Å². The van der Waals surface area contributed by atoms with Crippen molar-refractivity contribution in [1.82, 2.24) is 10.6 Å². The van der Waals surface area contributed by atoms with E-state index < -0.39 is 6.10 Å². The van der Waals surface area contributed by atoms with Crippen LogP contribution in [0.3, 0.4) is 0 Å². The van der Waals surface area contributed by atoms with E-state index in [0.717, 1.165) is 13.1 Å². The Kier molecular flexibility index (Phi) is 6.84. The molecule has 0 aliphatic rings. The predicted molar refractivity (Wildman–Crippen MR) is 41.9 cm³/mol. The zero-order valence-electron chi connectivity index (χ0n) is 6.43. The molecule has 0 amide bonds. The van der Waals surface area contributed by atoms with Crippen molar-refractivity contribution in [1.29, 1.82) is 0 Å². The lowest BCUT2D eigenvalue weighted by Crippen LogP contribution is -2.35. The summed E-state index contributed by atoms with van der Waals surface area (Å²) in [6.45, 7) is 2.69. The van der Waals surface area contributed by atoms with Crippen molar-refractivity contribution >= 4 is 0 Å². The first-order chi connectivity index (χ1) is 4.81. The van der Waals surface area contributed by atoms with Crippen molar-refractivity contribution in [3.8, 4) is 0 Å². The molecule has 0 radical (unpaired) electrons. The Morgan fingerprint density at radius 2 is 2.20 bits per heavy atom. The number of aliphatic hydroxyl groups excluding tert-OH is 1. The average molecular weight is 147 g/mol. The van der Waals surface area contributed by atoms with E-state index in [2.05, 4.69) is 10.6 Å². The van der Waals surface area contributed by atoms with E-state index in [1.54, 1.807) is 0 Å². The van der Waals surface area contributed by atoms with Crippen molar-refractivity contribution < 1.29 is 5.11 Å². The molecule has 5 N–H and O–H groups in total. The van der Waals surface area contributed by atoms with Crippen LogP contribution in [0.4, 0.5) is 0 Å². The van der Waals surface area contributed by atoms with E-state index in [1.165, 1.54) is 0 Å². The number of nitrogens with one attached hydrogen (secondary N) is 2. The van der Waals surface area contributed by atoms with Crippen LogP contribution in [0.5, 0.6) is 0 Å². The molecule has 10 heavy (non-hydrogen) atoms. The SMILES string of the molecule is CNCCNCC(O)CN. The summed E-state index contributed by atoms with van der Waals surface area (Å²) in [4.78, 5) is 0. The van der Waals surface area contributed by atoms with Crippen LogP contribution in [0.1, 0.15) is 0 Å². The molecule has 0 aromatic heterocycles. The summed E-state index contributed by atoms with van der Waals surface area (Å²) in [7, 11) is 1.89. The number of aliphatic hydroxyl groups is 1. The third-order valence-electron chi connectivity index (χ3n) is 1.20. The van der Waals surface area contributed by atoms with Gasteiger partial charge in [0.1, 0.15) is 0 Å². The number of likely N-dealkylation sites (N-methyl/N-ethyl adjacent to an activating group) is 1. The standard InChI is InChI=1S/C6H17N3O/c1-8-2-3-9-5-6(10)4-7/h6,8-10H,2-5,7H2,1H3. The van der Waals surface area contributed by atoms with Gasteiger partial charge in [0.25, 0.3) is 0 Å². The van der Waals surface area contributed by atoms with Crippen molar-refractivity contribution in [2.45, 2.75) is 6.10 Å². The van der Waals surface area contributed by atoms with Crippen molar-refractivity contribution in [2.24, 2.45) is 5.73 Å². The van der Waals surface area contributed by atoms with Gasteiger partial charge in [0.15, 0.2) is 0 Å². The fourth-order valence-corrected chi connectivity index (χ4v) is 0.565.